The zero-order chi connectivity index (χ0) is 21.3. The fourth-order valence-corrected chi connectivity index (χ4v) is 3.55. The predicted molar refractivity (Wildman–Crippen MR) is 114 cm³/mol. The van der Waals surface area contributed by atoms with Crippen LogP contribution in [0.15, 0.2) is 35.3 Å². The minimum atomic E-state index is -0.443. The third kappa shape index (κ3) is 3.90. The largest absolute Gasteiger partial charge is 0.378 e. The second kappa shape index (κ2) is 8.45. The molecule has 1 amide bonds. The van der Waals surface area contributed by atoms with Crippen LogP contribution in [0.2, 0.25) is 5.02 Å². The van der Waals surface area contributed by atoms with Gasteiger partial charge in [0.25, 0.3) is 0 Å². The Morgan fingerprint density at radius 1 is 1.23 bits per heavy atom. The molecular formula is C20H23ClN6O3. The summed E-state index contributed by atoms with van der Waals surface area (Å²) in [4.78, 5) is 38.3. The molecule has 3 aromatic rings. The zero-order valence-electron chi connectivity index (χ0n) is 16.9. The number of rotatable bonds is 4. The van der Waals surface area contributed by atoms with E-state index in [2.05, 4.69) is 9.97 Å². The summed E-state index contributed by atoms with van der Waals surface area (Å²) in [7, 11) is 3.28. The number of carbonyl (C=O) groups is 1. The third-order valence-electron chi connectivity index (χ3n) is 5.24. The number of morpholine rings is 1. The molecule has 0 bridgehead atoms. The number of ether oxygens (including phenoxy) is 1. The van der Waals surface area contributed by atoms with E-state index in [1.807, 2.05) is 29.2 Å². The molecule has 9 nitrogen and oxygen atoms in total. The minimum absolute atomic E-state index is 0.392. The van der Waals surface area contributed by atoms with Crippen molar-refractivity contribution in [3.05, 3.63) is 51.5 Å². The molecule has 0 unspecified atom stereocenters. The Hall–Kier alpha value is -2.91. The highest BCUT2D eigenvalue weighted by Gasteiger charge is 2.23. The van der Waals surface area contributed by atoms with E-state index < -0.39 is 11.7 Å². The molecule has 0 aliphatic carbocycles. The van der Waals surface area contributed by atoms with Gasteiger partial charge in [-0.2, -0.15) is 4.98 Å². The second-order valence-electron chi connectivity index (χ2n) is 7.24. The van der Waals surface area contributed by atoms with Crippen molar-refractivity contribution in [2.45, 2.75) is 6.42 Å². The van der Waals surface area contributed by atoms with E-state index in [1.54, 1.807) is 20.3 Å². The number of halogens is 1. The molecule has 1 fully saturated rings. The maximum atomic E-state index is 13.0. The van der Waals surface area contributed by atoms with Crippen LogP contribution in [-0.2, 0) is 18.2 Å². The molecule has 2 aromatic heterocycles. The Balaban J connectivity index is 1.57. The fourth-order valence-electron chi connectivity index (χ4n) is 3.42. The average molecular weight is 431 g/mol. The van der Waals surface area contributed by atoms with E-state index in [1.165, 1.54) is 9.47 Å². The van der Waals surface area contributed by atoms with Crippen molar-refractivity contribution in [1.29, 1.82) is 0 Å². The van der Waals surface area contributed by atoms with Crippen molar-refractivity contribution < 1.29 is 9.53 Å². The fraction of sp³-hybridized carbons (Fsp3) is 0.400. The lowest BCUT2D eigenvalue weighted by atomic mass is 10.1. The van der Waals surface area contributed by atoms with Crippen LogP contribution in [0, 0.1) is 0 Å². The van der Waals surface area contributed by atoms with E-state index in [-0.39, 0.29) is 0 Å². The molecule has 10 heteroatoms. The number of hydrogen-bond donors (Lipinski definition) is 0. The van der Waals surface area contributed by atoms with Gasteiger partial charge in [-0.05, 0) is 24.1 Å². The number of carbonyl (C=O) groups excluding carboxylic acids is 1. The van der Waals surface area contributed by atoms with Crippen LogP contribution in [0.25, 0.3) is 11.2 Å². The van der Waals surface area contributed by atoms with Crippen LogP contribution in [0.3, 0.4) is 0 Å². The summed E-state index contributed by atoms with van der Waals surface area (Å²) in [6.07, 6.45) is 2.19. The first-order valence-corrected chi connectivity index (χ1v) is 10.1. The Kier molecular flexibility index (Phi) is 5.74. The first kappa shape index (κ1) is 20.4. The molecular weight excluding hydrogens is 408 g/mol. The molecule has 30 heavy (non-hydrogen) atoms. The lowest BCUT2D eigenvalue weighted by Gasteiger charge is -2.26. The number of benzene rings is 1. The molecule has 1 saturated heterocycles. The lowest BCUT2D eigenvalue weighted by molar-refractivity contribution is 0.122. The molecule has 3 heterocycles. The molecule has 0 atom stereocenters. The number of aryl methyl sites for hydroxylation is 1. The summed E-state index contributed by atoms with van der Waals surface area (Å²) in [5, 5.41) is 0.668. The number of nitrogens with zero attached hydrogens (tertiary/aromatic N) is 6. The molecule has 0 N–H and O–H groups in total. The number of fused-ring (bicyclic) bond motifs is 1. The average Bonchev–Trinajstić information content (AvgIpc) is 3.03. The van der Waals surface area contributed by atoms with Crippen LogP contribution in [0.5, 0.6) is 0 Å². The number of likely N-dealkylation sites (N-methyl/N-ethyl adjacent to an activating group) is 1. The summed E-state index contributed by atoms with van der Waals surface area (Å²) in [6.45, 7) is 3.05. The first-order valence-electron chi connectivity index (χ1n) is 9.73. The van der Waals surface area contributed by atoms with Gasteiger partial charge in [0.2, 0.25) is 5.95 Å². The maximum absolute atomic E-state index is 13.0. The van der Waals surface area contributed by atoms with Gasteiger partial charge in [0.15, 0.2) is 5.65 Å². The van der Waals surface area contributed by atoms with E-state index in [9.17, 15) is 9.59 Å². The number of aromatic nitrogens is 4. The van der Waals surface area contributed by atoms with Crippen molar-refractivity contribution in [2.24, 2.45) is 7.05 Å². The second-order valence-corrected chi connectivity index (χ2v) is 7.67. The van der Waals surface area contributed by atoms with Gasteiger partial charge in [-0.15, -0.1) is 0 Å². The third-order valence-corrected chi connectivity index (χ3v) is 5.49. The number of imidazole rings is 1. The highest BCUT2D eigenvalue weighted by molar-refractivity contribution is 6.30. The van der Waals surface area contributed by atoms with E-state index in [0.29, 0.717) is 61.4 Å². The van der Waals surface area contributed by atoms with Crippen molar-refractivity contribution >= 4 is 34.7 Å². The number of anilines is 1. The maximum Gasteiger partial charge on any atom is 0.338 e. The molecule has 158 valence electrons. The van der Waals surface area contributed by atoms with Crippen LogP contribution in [0.4, 0.5) is 10.7 Å². The van der Waals surface area contributed by atoms with Crippen molar-refractivity contribution in [3.63, 3.8) is 0 Å². The van der Waals surface area contributed by atoms with Gasteiger partial charge in [0.1, 0.15) is 5.52 Å². The van der Waals surface area contributed by atoms with Crippen LogP contribution < -0.4 is 10.6 Å². The van der Waals surface area contributed by atoms with Gasteiger partial charge >= 0.3 is 11.7 Å². The summed E-state index contributed by atoms with van der Waals surface area (Å²) < 4.78 is 7.87. The number of hydrogen-bond acceptors (Lipinski definition) is 6. The zero-order valence-corrected chi connectivity index (χ0v) is 17.7. The highest BCUT2D eigenvalue weighted by atomic mass is 35.5. The highest BCUT2D eigenvalue weighted by Crippen LogP contribution is 2.16. The normalized spacial score (nSPS) is 14.3. The van der Waals surface area contributed by atoms with Gasteiger partial charge in [-0.1, -0.05) is 23.7 Å². The van der Waals surface area contributed by atoms with Gasteiger partial charge in [-0.3, -0.25) is 4.57 Å². The quantitative estimate of drug-likeness (QED) is 0.627. The molecule has 1 aromatic carbocycles. The Bertz CT molecular complexity index is 1120. The van der Waals surface area contributed by atoms with Gasteiger partial charge in [0, 0.05) is 38.8 Å². The van der Waals surface area contributed by atoms with Gasteiger partial charge < -0.3 is 14.5 Å². The minimum Gasteiger partial charge on any atom is -0.378 e. The van der Waals surface area contributed by atoms with Crippen LogP contribution >= 0.6 is 11.6 Å². The van der Waals surface area contributed by atoms with Crippen molar-refractivity contribution in [2.75, 3.05) is 44.8 Å². The van der Waals surface area contributed by atoms with Crippen LogP contribution in [0.1, 0.15) is 5.56 Å². The molecule has 1 aliphatic heterocycles. The SMILES string of the molecule is CN(CCc1ccc(Cl)cc1)C(=O)n1c(=O)n(C)c2nc(N3CCOCC3)ncc21. The Morgan fingerprint density at radius 2 is 1.93 bits per heavy atom. The van der Waals surface area contributed by atoms with E-state index in [0.717, 1.165) is 10.1 Å². The van der Waals surface area contributed by atoms with Gasteiger partial charge in [0.05, 0.1) is 19.4 Å². The Morgan fingerprint density at radius 3 is 2.63 bits per heavy atom. The summed E-state index contributed by atoms with van der Waals surface area (Å²) >= 11 is 5.91. The van der Waals surface area contributed by atoms with E-state index >= 15 is 0 Å². The monoisotopic (exact) mass is 430 g/mol. The molecule has 1 aliphatic rings. The molecule has 0 spiro atoms. The summed E-state index contributed by atoms with van der Waals surface area (Å²) in [6, 6.07) is 7.06. The van der Waals surface area contributed by atoms with Crippen LogP contribution in [-0.4, -0.2) is 69.9 Å². The molecule has 0 radical (unpaired) electrons. The Labute approximate surface area is 178 Å². The van der Waals surface area contributed by atoms with E-state index in [4.69, 9.17) is 16.3 Å². The topological polar surface area (TPSA) is 85.5 Å². The smallest absolute Gasteiger partial charge is 0.338 e. The lowest BCUT2D eigenvalue weighted by Crippen LogP contribution is -2.38. The summed E-state index contributed by atoms with van der Waals surface area (Å²) in [5.41, 5.74) is 1.43. The first-order chi connectivity index (χ1) is 14.5. The van der Waals surface area contributed by atoms with Gasteiger partial charge in [-0.25, -0.2) is 19.1 Å². The van der Waals surface area contributed by atoms with Crippen molar-refractivity contribution in [3.8, 4) is 0 Å². The van der Waals surface area contributed by atoms with Crippen molar-refractivity contribution in [1.82, 2.24) is 24.0 Å². The molecule has 0 saturated carbocycles. The number of amides is 1. The predicted octanol–water partition coefficient (Wildman–Crippen LogP) is 1.76. The summed E-state index contributed by atoms with van der Waals surface area (Å²) in [5.74, 6) is 0.530. The standard InChI is InChI=1S/C20H23ClN6O3/c1-24(8-7-14-3-5-15(21)6-4-14)19(28)27-16-13-22-18(26-9-11-30-12-10-26)23-17(16)25(2)20(27)29/h3-6,13H,7-12H2,1-2H3. The molecule has 4 rings (SSSR count).